The molecular weight excluding hydrogens is 221 g/mol. The van der Waals surface area contributed by atoms with Crippen LogP contribution in [-0.4, -0.2) is 17.8 Å². The molecular formula is C8H21BrNP. The van der Waals surface area contributed by atoms with Crippen LogP contribution in [-0.2, 0) is 0 Å². The Morgan fingerprint density at radius 2 is 1.36 bits per heavy atom. The van der Waals surface area contributed by atoms with Gasteiger partial charge in [0.2, 0.25) is 0 Å². The number of halogens is 1. The molecule has 1 nitrogen and oxygen atoms in total. The van der Waals surface area contributed by atoms with E-state index in [0.717, 1.165) is 0 Å². The molecule has 11 heavy (non-hydrogen) atoms. The van der Waals surface area contributed by atoms with Crippen LogP contribution in [0.1, 0.15) is 39.5 Å². The number of hydrogen-bond donors (Lipinski definition) is 0. The highest BCUT2D eigenvalue weighted by Gasteiger charge is 1.94. The average molecular weight is 242 g/mol. The Bertz CT molecular complexity index is 63.1. The minimum Gasteiger partial charge on any atom is -0.287 e. The van der Waals surface area contributed by atoms with Gasteiger partial charge in [0, 0.05) is 13.1 Å². The zero-order valence-corrected chi connectivity index (χ0v) is 10.5. The summed E-state index contributed by atoms with van der Waals surface area (Å²) in [4.78, 5) is 0. The van der Waals surface area contributed by atoms with E-state index in [-0.39, 0.29) is 17.0 Å². The smallest absolute Gasteiger partial charge is 0.00160 e. The van der Waals surface area contributed by atoms with E-state index in [0.29, 0.717) is 0 Å². The molecule has 0 bridgehead atoms. The maximum Gasteiger partial charge on any atom is 0.00160 e. The molecule has 0 spiro atoms. The normalized spacial score (nSPS) is 9.82. The van der Waals surface area contributed by atoms with Crippen LogP contribution in [0.2, 0.25) is 0 Å². The first-order valence-corrected chi connectivity index (χ1v) is 4.82. The fourth-order valence-corrected chi connectivity index (χ4v) is 1.20. The van der Waals surface area contributed by atoms with Crippen LogP contribution < -0.4 is 0 Å². The lowest BCUT2D eigenvalue weighted by Crippen LogP contribution is -2.13. The summed E-state index contributed by atoms with van der Waals surface area (Å²) in [5, 5.41) is 0. The van der Waals surface area contributed by atoms with Gasteiger partial charge in [-0.15, -0.1) is 17.0 Å². The predicted molar refractivity (Wildman–Crippen MR) is 61.4 cm³/mol. The van der Waals surface area contributed by atoms with Crippen molar-refractivity contribution in [3.05, 3.63) is 0 Å². The Labute approximate surface area is 84.0 Å². The van der Waals surface area contributed by atoms with Crippen molar-refractivity contribution in [1.29, 1.82) is 0 Å². The third-order valence-corrected chi connectivity index (χ3v) is 2.11. The summed E-state index contributed by atoms with van der Waals surface area (Å²) in [6.45, 7) is 6.94. The summed E-state index contributed by atoms with van der Waals surface area (Å²) >= 11 is 0. The van der Waals surface area contributed by atoms with Crippen molar-refractivity contribution in [3.8, 4) is 0 Å². The quantitative estimate of drug-likeness (QED) is 0.646. The molecule has 3 heteroatoms. The SMILES string of the molecule is Br.CCCCN(P)CCCC. The fourth-order valence-electron chi connectivity index (χ4n) is 0.834. The summed E-state index contributed by atoms with van der Waals surface area (Å²) in [6.07, 6.45) is 5.26. The van der Waals surface area contributed by atoms with Crippen LogP contribution in [0.4, 0.5) is 0 Å². The van der Waals surface area contributed by atoms with Crippen molar-refractivity contribution in [1.82, 2.24) is 4.67 Å². The largest absolute Gasteiger partial charge is 0.287 e. The summed E-state index contributed by atoms with van der Waals surface area (Å²) < 4.78 is 2.34. The molecule has 0 aliphatic heterocycles. The molecule has 0 aromatic heterocycles. The molecule has 0 amide bonds. The lowest BCUT2D eigenvalue weighted by Gasteiger charge is -2.14. The molecule has 0 N–H and O–H groups in total. The first kappa shape index (κ1) is 14.4. The molecule has 0 radical (unpaired) electrons. The second kappa shape index (κ2) is 10.9. The monoisotopic (exact) mass is 241 g/mol. The molecule has 0 saturated heterocycles. The van der Waals surface area contributed by atoms with Crippen LogP contribution in [0.3, 0.4) is 0 Å². The molecule has 70 valence electrons. The van der Waals surface area contributed by atoms with Crippen LogP contribution in [0.5, 0.6) is 0 Å². The van der Waals surface area contributed by atoms with Crippen LogP contribution >= 0.6 is 26.4 Å². The fraction of sp³-hybridized carbons (Fsp3) is 1.00. The molecule has 0 aromatic rings. The molecule has 0 aliphatic rings. The van der Waals surface area contributed by atoms with Gasteiger partial charge in [-0.25, -0.2) is 0 Å². The minimum atomic E-state index is 0. The average Bonchev–Trinajstić information content (AvgIpc) is 1.97. The number of rotatable bonds is 6. The summed E-state index contributed by atoms with van der Waals surface area (Å²) in [5.74, 6) is 0. The highest BCUT2D eigenvalue weighted by Crippen LogP contribution is 2.03. The van der Waals surface area contributed by atoms with E-state index in [9.17, 15) is 0 Å². The van der Waals surface area contributed by atoms with Gasteiger partial charge in [-0.05, 0) is 12.8 Å². The lowest BCUT2D eigenvalue weighted by molar-refractivity contribution is 0.443. The molecule has 0 heterocycles. The van der Waals surface area contributed by atoms with E-state index in [1.165, 1.54) is 38.8 Å². The number of hydrogen-bond acceptors (Lipinski definition) is 1. The standard InChI is InChI=1S/C8H20NP.BrH/c1-3-5-7-9(10)8-6-4-2;/h3-8,10H2,1-2H3;1H. The zero-order valence-electron chi connectivity index (χ0n) is 7.68. The Morgan fingerprint density at radius 1 is 1.00 bits per heavy atom. The van der Waals surface area contributed by atoms with Gasteiger partial charge in [0.05, 0.1) is 0 Å². The second-order valence-electron chi connectivity index (χ2n) is 2.74. The molecule has 1 atom stereocenters. The first-order valence-electron chi connectivity index (χ1n) is 4.30. The van der Waals surface area contributed by atoms with Crippen LogP contribution in [0, 0.1) is 0 Å². The van der Waals surface area contributed by atoms with Gasteiger partial charge < -0.3 is 0 Å². The van der Waals surface area contributed by atoms with Gasteiger partial charge in [0.1, 0.15) is 0 Å². The first-order chi connectivity index (χ1) is 4.81. The van der Waals surface area contributed by atoms with Gasteiger partial charge in [0.15, 0.2) is 0 Å². The summed E-state index contributed by atoms with van der Waals surface area (Å²) in [6, 6.07) is 0. The Kier molecular flexibility index (Phi) is 14.2. The van der Waals surface area contributed by atoms with E-state index >= 15 is 0 Å². The van der Waals surface area contributed by atoms with Gasteiger partial charge in [-0.1, -0.05) is 36.1 Å². The van der Waals surface area contributed by atoms with E-state index in [4.69, 9.17) is 0 Å². The third kappa shape index (κ3) is 10.9. The Morgan fingerprint density at radius 3 is 1.64 bits per heavy atom. The Hall–Kier alpha value is 0.870. The van der Waals surface area contributed by atoms with Gasteiger partial charge in [0.25, 0.3) is 0 Å². The van der Waals surface area contributed by atoms with Gasteiger partial charge in [-0.3, -0.25) is 4.67 Å². The van der Waals surface area contributed by atoms with E-state index < -0.39 is 0 Å². The number of unbranched alkanes of at least 4 members (excludes halogenated alkanes) is 2. The van der Waals surface area contributed by atoms with Crippen molar-refractivity contribution < 1.29 is 0 Å². The highest BCUT2D eigenvalue weighted by molar-refractivity contribution is 8.93. The molecule has 0 aliphatic carbocycles. The van der Waals surface area contributed by atoms with Crippen molar-refractivity contribution in [3.63, 3.8) is 0 Å². The molecule has 1 unspecified atom stereocenters. The molecule has 0 saturated carbocycles. The molecule has 0 fully saturated rings. The van der Waals surface area contributed by atoms with Gasteiger partial charge in [-0.2, -0.15) is 0 Å². The van der Waals surface area contributed by atoms with Crippen molar-refractivity contribution in [2.75, 3.05) is 13.1 Å². The maximum atomic E-state index is 2.79. The highest BCUT2D eigenvalue weighted by atomic mass is 79.9. The van der Waals surface area contributed by atoms with Crippen LogP contribution in [0.15, 0.2) is 0 Å². The Balaban J connectivity index is 0. The second-order valence-corrected chi connectivity index (χ2v) is 3.47. The lowest BCUT2D eigenvalue weighted by atomic mass is 10.3. The van der Waals surface area contributed by atoms with E-state index in [2.05, 4.69) is 27.9 Å². The third-order valence-electron chi connectivity index (χ3n) is 1.60. The maximum absolute atomic E-state index is 2.79. The topological polar surface area (TPSA) is 3.24 Å². The summed E-state index contributed by atoms with van der Waals surface area (Å²) in [7, 11) is 2.79. The summed E-state index contributed by atoms with van der Waals surface area (Å²) in [5.41, 5.74) is 0. The van der Waals surface area contributed by atoms with Gasteiger partial charge >= 0.3 is 0 Å². The predicted octanol–water partition coefficient (Wildman–Crippen LogP) is 3.26. The minimum absolute atomic E-state index is 0. The van der Waals surface area contributed by atoms with Crippen molar-refractivity contribution in [2.24, 2.45) is 0 Å². The van der Waals surface area contributed by atoms with E-state index in [1.54, 1.807) is 0 Å². The zero-order chi connectivity index (χ0) is 7.82. The van der Waals surface area contributed by atoms with E-state index in [1.807, 2.05) is 0 Å². The van der Waals surface area contributed by atoms with Crippen molar-refractivity contribution >= 4 is 26.4 Å². The number of nitrogens with zero attached hydrogens (tertiary/aromatic N) is 1. The molecule has 0 rings (SSSR count). The van der Waals surface area contributed by atoms with Crippen molar-refractivity contribution in [2.45, 2.75) is 39.5 Å². The molecule has 0 aromatic carbocycles. The van der Waals surface area contributed by atoms with Crippen LogP contribution in [0.25, 0.3) is 0 Å².